The lowest BCUT2D eigenvalue weighted by Crippen LogP contribution is -2.34. The monoisotopic (exact) mass is 458 g/mol. The smallest absolute Gasteiger partial charge is 0.262 e. The molecule has 33 heavy (non-hydrogen) atoms. The summed E-state index contributed by atoms with van der Waals surface area (Å²) < 4.78 is 6.64. The van der Waals surface area contributed by atoms with Gasteiger partial charge in [-0.15, -0.1) is 11.3 Å². The lowest BCUT2D eigenvalue weighted by Gasteiger charge is -2.19. The van der Waals surface area contributed by atoms with Crippen LogP contribution < -0.4 is 15.6 Å². The number of thiophene rings is 1. The van der Waals surface area contributed by atoms with Crippen LogP contribution in [-0.4, -0.2) is 34.1 Å². The number of carbonyl (C=O) groups is 1. The largest absolute Gasteiger partial charge is 0.497 e. The minimum Gasteiger partial charge on any atom is -0.497 e. The molecule has 0 spiro atoms. The molecule has 0 aliphatic carbocycles. The van der Waals surface area contributed by atoms with E-state index in [1.54, 1.807) is 13.2 Å². The van der Waals surface area contributed by atoms with Crippen LogP contribution in [0.5, 0.6) is 5.75 Å². The molecule has 1 atom stereocenters. The molecule has 0 aliphatic rings. The fourth-order valence-electron chi connectivity index (χ4n) is 4.06. The van der Waals surface area contributed by atoms with Gasteiger partial charge < -0.3 is 15.0 Å². The molecule has 0 aliphatic heterocycles. The van der Waals surface area contributed by atoms with Gasteiger partial charge in [-0.05, 0) is 40.8 Å². The molecule has 2 N–H and O–H groups in total. The van der Waals surface area contributed by atoms with Crippen molar-refractivity contribution in [1.82, 2.24) is 19.9 Å². The molecule has 166 valence electrons. The second kappa shape index (κ2) is 8.91. The van der Waals surface area contributed by atoms with Crippen LogP contribution in [0.2, 0.25) is 0 Å². The van der Waals surface area contributed by atoms with E-state index in [9.17, 15) is 9.59 Å². The highest BCUT2D eigenvalue weighted by atomic mass is 32.1. The van der Waals surface area contributed by atoms with E-state index in [1.165, 1.54) is 22.2 Å². The minimum absolute atomic E-state index is 0.0785. The molecule has 2 aromatic carbocycles. The molecule has 0 bridgehead atoms. The first-order valence-electron chi connectivity index (χ1n) is 10.5. The highest BCUT2D eigenvalue weighted by Crippen LogP contribution is 2.31. The number of aromatic nitrogens is 3. The maximum absolute atomic E-state index is 12.8. The molecule has 0 radical (unpaired) electrons. The van der Waals surface area contributed by atoms with Gasteiger partial charge in [-0.25, -0.2) is 4.98 Å². The Balaban J connectivity index is 1.40. The lowest BCUT2D eigenvalue weighted by atomic mass is 9.91. The highest BCUT2D eigenvalue weighted by Gasteiger charge is 2.20. The average molecular weight is 459 g/mol. The van der Waals surface area contributed by atoms with E-state index < -0.39 is 0 Å². The van der Waals surface area contributed by atoms with Crippen LogP contribution in [0.25, 0.3) is 21.1 Å². The summed E-state index contributed by atoms with van der Waals surface area (Å²) in [5.74, 6) is 0.452. The minimum atomic E-state index is -0.244. The van der Waals surface area contributed by atoms with E-state index >= 15 is 0 Å². The Hall–Kier alpha value is -3.91. The maximum Gasteiger partial charge on any atom is 0.262 e. The quantitative estimate of drug-likeness (QED) is 0.387. The number of fused-ring (bicyclic) bond motifs is 2. The van der Waals surface area contributed by atoms with Crippen molar-refractivity contribution in [3.63, 3.8) is 0 Å². The number of H-pyrrole nitrogens is 1. The summed E-state index contributed by atoms with van der Waals surface area (Å²) in [5.41, 5.74) is 2.98. The standard InChI is InChI=1S/C25H22N4O3S/c1-32-17-8-6-16(7-9-17)20(21-13-26-22-5-3-2-4-18(21)22)12-27-23(30)14-29-15-28-24-19(25(29)31)10-11-33-24/h2-11,13,15,20,26H,12,14H2,1H3,(H,27,30). The first-order chi connectivity index (χ1) is 16.1. The van der Waals surface area contributed by atoms with Crippen LogP contribution in [0.4, 0.5) is 0 Å². The number of rotatable bonds is 7. The summed E-state index contributed by atoms with van der Waals surface area (Å²) in [5, 5.41) is 6.47. The third kappa shape index (κ3) is 4.12. The van der Waals surface area contributed by atoms with Crippen molar-refractivity contribution in [2.45, 2.75) is 12.5 Å². The summed E-state index contributed by atoms with van der Waals surface area (Å²) >= 11 is 1.41. The van der Waals surface area contributed by atoms with Gasteiger partial charge >= 0.3 is 0 Å². The van der Waals surface area contributed by atoms with Crippen LogP contribution >= 0.6 is 11.3 Å². The van der Waals surface area contributed by atoms with Crippen LogP contribution in [-0.2, 0) is 11.3 Å². The molecular weight excluding hydrogens is 436 g/mol. The zero-order valence-electron chi connectivity index (χ0n) is 17.9. The van der Waals surface area contributed by atoms with Crippen LogP contribution in [0.3, 0.4) is 0 Å². The van der Waals surface area contributed by atoms with Gasteiger partial charge in [0.1, 0.15) is 17.1 Å². The predicted molar refractivity (Wildman–Crippen MR) is 130 cm³/mol. The van der Waals surface area contributed by atoms with Gasteiger partial charge in [0.15, 0.2) is 0 Å². The Bertz CT molecular complexity index is 1480. The maximum atomic E-state index is 12.8. The molecule has 7 nitrogen and oxygen atoms in total. The number of hydrogen-bond acceptors (Lipinski definition) is 5. The van der Waals surface area contributed by atoms with Crippen molar-refractivity contribution < 1.29 is 9.53 Å². The molecule has 0 saturated heterocycles. The fourth-order valence-corrected chi connectivity index (χ4v) is 4.78. The summed E-state index contributed by atoms with van der Waals surface area (Å²) in [7, 11) is 1.64. The van der Waals surface area contributed by atoms with E-state index in [-0.39, 0.29) is 23.9 Å². The summed E-state index contributed by atoms with van der Waals surface area (Å²) in [6.07, 6.45) is 3.42. The number of ether oxygens (including phenoxy) is 1. The molecule has 8 heteroatoms. The third-order valence-electron chi connectivity index (χ3n) is 5.78. The van der Waals surface area contributed by atoms with Gasteiger partial charge in [0.25, 0.3) is 5.56 Å². The van der Waals surface area contributed by atoms with E-state index in [0.717, 1.165) is 27.8 Å². The number of benzene rings is 2. The molecule has 0 fully saturated rings. The average Bonchev–Trinajstić information content (AvgIpc) is 3.49. The van der Waals surface area contributed by atoms with Gasteiger partial charge in [-0.2, -0.15) is 0 Å². The van der Waals surface area contributed by atoms with E-state index in [0.29, 0.717) is 16.8 Å². The molecular formula is C25H22N4O3S. The zero-order chi connectivity index (χ0) is 22.8. The Kier molecular flexibility index (Phi) is 5.66. The second-order valence-corrected chi connectivity index (χ2v) is 8.63. The zero-order valence-corrected chi connectivity index (χ0v) is 18.8. The van der Waals surface area contributed by atoms with Crippen molar-refractivity contribution in [3.8, 4) is 5.75 Å². The molecule has 3 heterocycles. The number of aromatic amines is 1. The van der Waals surface area contributed by atoms with Crippen LogP contribution in [0.15, 0.2) is 77.3 Å². The molecule has 1 unspecified atom stereocenters. The van der Waals surface area contributed by atoms with Crippen molar-refractivity contribution in [2.24, 2.45) is 0 Å². The van der Waals surface area contributed by atoms with Crippen molar-refractivity contribution in [2.75, 3.05) is 13.7 Å². The topological polar surface area (TPSA) is 89.0 Å². The first-order valence-corrected chi connectivity index (χ1v) is 11.4. The summed E-state index contributed by atoms with van der Waals surface area (Å²) in [4.78, 5) is 33.7. The Morgan fingerprint density at radius 3 is 2.79 bits per heavy atom. The van der Waals surface area contributed by atoms with Gasteiger partial charge in [0, 0.05) is 29.6 Å². The Labute approximate surface area is 193 Å². The normalized spacial score (nSPS) is 12.2. The van der Waals surface area contributed by atoms with E-state index in [4.69, 9.17) is 4.74 Å². The molecule has 0 saturated carbocycles. The first kappa shape index (κ1) is 21.0. The second-order valence-electron chi connectivity index (χ2n) is 7.74. The number of para-hydroxylation sites is 1. The SMILES string of the molecule is COc1ccc(C(CNC(=O)Cn2cnc3sccc3c2=O)c2c[nH]c3ccccc23)cc1. The highest BCUT2D eigenvalue weighted by molar-refractivity contribution is 7.16. The third-order valence-corrected chi connectivity index (χ3v) is 6.60. The van der Waals surface area contributed by atoms with Gasteiger partial charge in [0.2, 0.25) is 5.91 Å². The molecule has 1 amide bonds. The number of hydrogen-bond donors (Lipinski definition) is 2. The van der Waals surface area contributed by atoms with E-state index in [1.807, 2.05) is 54.0 Å². The fraction of sp³-hybridized carbons (Fsp3) is 0.160. The molecule has 3 aromatic heterocycles. The van der Waals surface area contributed by atoms with Gasteiger partial charge in [-0.3, -0.25) is 14.2 Å². The van der Waals surface area contributed by atoms with E-state index in [2.05, 4.69) is 21.4 Å². The van der Waals surface area contributed by atoms with Crippen molar-refractivity contribution in [1.29, 1.82) is 0 Å². The Morgan fingerprint density at radius 1 is 1.15 bits per heavy atom. The predicted octanol–water partition coefficient (Wildman–Crippen LogP) is 3.90. The lowest BCUT2D eigenvalue weighted by molar-refractivity contribution is -0.121. The number of methoxy groups -OCH3 is 1. The molecule has 5 aromatic rings. The van der Waals surface area contributed by atoms with Crippen LogP contribution in [0.1, 0.15) is 17.0 Å². The summed E-state index contributed by atoms with van der Waals surface area (Å²) in [6, 6.07) is 17.7. The summed E-state index contributed by atoms with van der Waals surface area (Å²) in [6.45, 7) is 0.302. The number of nitrogens with zero attached hydrogens (tertiary/aromatic N) is 2. The van der Waals surface area contributed by atoms with Gasteiger partial charge in [-0.1, -0.05) is 30.3 Å². The Morgan fingerprint density at radius 2 is 1.97 bits per heavy atom. The van der Waals surface area contributed by atoms with Crippen molar-refractivity contribution in [3.05, 3.63) is 94.0 Å². The number of carbonyl (C=O) groups excluding carboxylic acids is 1. The molecule has 5 rings (SSSR count). The van der Waals surface area contributed by atoms with Gasteiger partial charge in [0.05, 0.1) is 18.8 Å². The number of amides is 1. The van der Waals surface area contributed by atoms with Crippen molar-refractivity contribution >= 4 is 38.4 Å². The number of nitrogens with one attached hydrogen (secondary N) is 2. The van der Waals surface area contributed by atoms with Crippen LogP contribution in [0, 0.1) is 0 Å².